The van der Waals surface area contributed by atoms with E-state index >= 15 is 0 Å². The molecule has 6 heteroatoms. The normalized spacial score (nSPS) is 19.2. The number of nitrogens with zero attached hydrogens (tertiary/aromatic N) is 3. The minimum absolute atomic E-state index is 0.147. The van der Waals surface area contributed by atoms with Crippen LogP contribution in [0.5, 0.6) is 0 Å². The topological polar surface area (TPSA) is 79.5 Å². The minimum Gasteiger partial charge on any atom is -0.478 e. The second-order valence-electron chi connectivity index (χ2n) is 5.66. The Morgan fingerprint density at radius 3 is 2.77 bits per heavy atom. The number of hydrogen-bond donors (Lipinski definition) is 1. The maximum absolute atomic E-state index is 10.9. The Balaban J connectivity index is 1.75. The Hall–Kier alpha value is -2.21. The third kappa shape index (κ3) is 3.17. The van der Waals surface area contributed by atoms with Gasteiger partial charge in [-0.25, -0.2) is 4.79 Å². The molecule has 3 rings (SSSR count). The third-order valence-electron chi connectivity index (χ3n) is 4.03. The van der Waals surface area contributed by atoms with E-state index in [-0.39, 0.29) is 6.04 Å². The Morgan fingerprint density at radius 1 is 1.36 bits per heavy atom. The SMILES string of the molecule is Cc1noc(C2CCCCN2Cc2ccc(C(=O)O)cc2)n1. The number of carbonyl (C=O) groups is 1. The van der Waals surface area contributed by atoms with Crippen LogP contribution in [0.4, 0.5) is 0 Å². The molecule has 6 nitrogen and oxygen atoms in total. The van der Waals surface area contributed by atoms with Crippen LogP contribution in [0.2, 0.25) is 0 Å². The Bertz CT molecular complexity index is 651. The lowest BCUT2D eigenvalue weighted by Gasteiger charge is -2.33. The zero-order valence-electron chi connectivity index (χ0n) is 12.5. The van der Waals surface area contributed by atoms with E-state index in [0.717, 1.165) is 37.9 Å². The lowest BCUT2D eigenvalue weighted by molar-refractivity contribution is 0.0697. The molecule has 1 aliphatic rings. The first-order valence-electron chi connectivity index (χ1n) is 7.50. The van der Waals surface area contributed by atoms with Gasteiger partial charge < -0.3 is 9.63 Å². The van der Waals surface area contributed by atoms with Gasteiger partial charge >= 0.3 is 5.97 Å². The quantitative estimate of drug-likeness (QED) is 0.935. The molecule has 0 aliphatic carbocycles. The van der Waals surface area contributed by atoms with E-state index in [2.05, 4.69) is 15.0 Å². The standard InChI is InChI=1S/C16H19N3O3/c1-11-17-15(22-18-11)14-4-2-3-9-19(14)10-12-5-7-13(8-6-12)16(20)21/h5-8,14H,2-4,9-10H2,1H3,(H,20,21). The van der Waals surface area contributed by atoms with E-state index in [1.165, 1.54) is 0 Å². The summed E-state index contributed by atoms with van der Waals surface area (Å²) in [5, 5.41) is 12.8. The molecule has 116 valence electrons. The van der Waals surface area contributed by atoms with Crippen LogP contribution in [0.15, 0.2) is 28.8 Å². The van der Waals surface area contributed by atoms with Crippen molar-refractivity contribution in [1.82, 2.24) is 15.0 Å². The van der Waals surface area contributed by atoms with Gasteiger partial charge in [-0.1, -0.05) is 23.7 Å². The fraction of sp³-hybridized carbons (Fsp3) is 0.438. The maximum Gasteiger partial charge on any atom is 0.335 e. The molecule has 1 unspecified atom stereocenters. The molecule has 22 heavy (non-hydrogen) atoms. The molecule has 1 aliphatic heterocycles. The van der Waals surface area contributed by atoms with E-state index < -0.39 is 5.97 Å². The van der Waals surface area contributed by atoms with Crippen molar-refractivity contribution in [2.75, 3.05) is 6.54 Å². The number of carboxylic acid groups (broad SMARTS) is 1. The van der Waals surface area contributed by atoms with Gasteiger partial charge in [-0.3, -0.25) is 4.90 Å². The number of piperidine rings is 1. The van der Waals surface area contributed by atoms with Gasteiger partial charge in [-0.15, -0.1) is 0 Å². The molecule has 1 N–H and O–H groups in total. The molecule has 0 bridgehead atoms. The lowest BCUT2D eigenvalue weighted by Crippen LogP contribution is -2.33. The van der Waals surface area contributed by atoms with Crippen LogP contribution in [0.25, 0.3) is 0 Å². The Labute approximate surface area is 128 Å². The number of carboxylic acids is 1. The van der Waals surface area contributed by atoms with Crippen molar-refractivity contribution in [2.45, 2.75) is 38.8 Å². The van der Waals surface area contributed by atoms with Crippen molar-refractivity contribution in [2.24, 2.45) is 0 Å². The van der Waals surface area contributed by atoms with Crippen molar-refractivity contribution in [3.8, 4) is 0 Å². The summed E-state index contributed by atoms with van der Waals surface area (Å²) in [6.45, 7) is 3.56. The van der Waals surface area contributed by atoms with E-state index in [1.54, 1.807) is 12.1 Å². The fourth-order valence-electron chi connectivity index (χ4n) is 2.90. The van der Waals surface area contributed by atoms with Gasteiger partial charge in [0.2, 0.25) is 5.89 Å². The predicted molar refractivity (Wildman–Crippen MR) is 79.4 cm³/mol. The molecule has 1 aromatic heterocycles. The van der Waals surface area contributed by atoms with Crippen molar-refractivity contribution < 1.29 is 14.4 Å². The summed E-state index contributed by atoms with van der Waals surface area (Å²) in [5.74, 6) is 0.439. The van der Waals surface area contributed by atoms with Gasteiger partial charge in [0, 0.05) is 6.54 Å². The second kappa shape index (κ2) is 6.27. The largest absolute Gasteiger partial charge is 0.478 e. The summed E-state index contributed by atoms with van der Waals surface area (Å²) < 4.78 is 5.34. The molecular formula is C16H19N3O3. The first-order chi connectivity index (χ1) is 10.6. The van der Waals surface area contributed by atoms with Crippen LogP contribution in [-0.4, -0.2) is 32.7 Å². The molecule has 0 spiro atoms. The molecule has 0 saturated carbocycles. The smallest absolute Gasteiger partial charge is 0.335 e. The number of aryl methyl sites for hydroxylation is 1. The zero-order valence-corrected chi connectivity index (χ0v) is 12.5. The van der Waals surface area contributed by atoms with Gasteiger partial charge in [0.25, 0.3) is 0 Å². The van der Waals surface area contributed by atoms with E-state index in [1.807, 2.05) is 19.1 Å². The lowest BCUT2D eigenvalue weighted by atomic mass is 10.0. The summed E-state index contributed by atoms with van der Waals surface area (Å²) in [7, 11) is 0. The van der Waals surface area contributed by atoms with Crippen molar-refractivity contribution in [3.05, 3.63) is 47.1 Å². The van der Waals surface area contributed by atoms with Crippen molar-refractivity contribution >= 4 is 5.97 Å². The molecule has 1 saturated heterocycles. The average molecular weight is 301 g/mol. The van der Waals surface area contributed by atoms with Gasteiger partial charge in [0.1, 0.15) is 0 Å². The second-order valence-corrected chi connectivity index (χ2v) is 5.66. The highest BCUT2D eigenvalue weighted by molar-refractivity contribution is 5.87. The molecule has 1 atom stereocenters. The summed E-state index contributed by atoms with van der Waals surface area (Å²) in [4.78, 5) is 17.6. The average Bonchev–Trinajstić information content (AvgIpc) is 2.95. The maximum atomic E-state index is 10.9. The van der Waals surface area contributed by atoms with Crippen LogP contribution >= 0.6 is 0 Å². The van der Waals surface area contributed by atoms with Gasteiger partial charge in [0.05, 0.1) is 11.6 Å². The molecule has 0 radical (unpaired) electrons. The number of rotatable bonds is 4. The van der Waals surface area contributed by atoms with Crippen molar-refractivity contribution in [3.63, 3.8) is 0 Å². The third-order valence-corrected chi connectivity index (χ3v) is 4.03. The first-order valence-corrected chi connectivity index (χ1v) is 7.50. The molecule has 1 aromatic carbocycles. The van der Waals surface area contributed by atoms with Gasteiger partial charge in [-0.05, 0) is 44.0 Å². The van der Waals surface area contributed by atoms with Crippen LogP contribution in [0.1, 0.15) is 52.9 Å². The zero-order chi connectivity index (χ0) is 15.5. The summed E-state index contributed by atoms with van der Waals surface area (Å²) in [5.41, 5.74) is 1.40. The van der Waals surface area contributed by atoms with E-state index in [9.17, 15) is 4.79 Å². The Kier molecular flexibility index (Phi) is 4.20. The minimum atomic E-state index is -0.899. The summed E-state index contributed by atoms with van der Waals surface area (Å²) in [6.07, 6.45) is 3.31. The molecule has 0 amide bonds. The monoisotopic (exact) mass is 301 g/mol. The van der Waals surface area contributed by atoms with Crippen molar-refractivity contribution in [1.29, 1.82) is 0 Å². The highest BCUT2D eigenvalue weighted by Gasteiger charge is 2.28. The Morgan fingerprint density at radius 2 is 2.14 bits per heavy atom. The van der Waals surface area contributed by atoms with Crippen LogP contribution < -0.4 is 0 Å². The number of likely N-dealkylation sites (tertiary alicyclic amines) is 1. The molecule has 1 fully saturated rings. The molecule has 2 aromatic rings. The van der Waals surface area contributed by atoms with Gasteiger partial charge in [0.15, 0.2) is 5.82 Å². The summed E-state index contributed by atoms with van der Waals surface area (Å²) in [6, 6.07) is 7.18. The highest BCUT2D eigenvalue weighted by Crippen LogP contribution is 2.31. The first kappa shape index (κ1) is 14.7. The predicted octanol–water partition coefficient (Wildman–Crippen LogP) is 2.80. The van der Waals surface area contributed by atoms with E-state index in [0.29, 0.717) is 17.3 Å². The number of benzene rings is 1. The number of aromatic carboxylic acids is 1. The number of hydrogen-bond acceptors (Lipinski definition) is 5. The van der Waals surface area contributed by atoms with Crippen LogP contribution in [-0.2, 0) is 6.54 Å². The summed E-state index contributed by atoms with van der Waals surface area (Å²) >= 11 is 0. The molecule has 2 heterocycles. The van der Waals surface area contributed by atoms with Gasteiger partial charge in [-0.2, -0.15) is 4.98 Å². The van der Waals surface area contributed by atoms with Crippen LogP contribution in [0.3, 0.4) is 0 Å². The van der Waals surface area contributed by atoms with E-state index in [4.69, 9.17) is 9.63 Å². The number of aromatic nitrogens is 2. The highest BCUT2D eigenvalue weighted by atomic mass is 16.5. The van der Waals surface area contributed by atoms with Crippen LogP contribution in [0, 0.1) is 6.92 Å². The fourth-order valence-corrected chi connectivity index (χ4v) is 2.90. The molecular weight excluding hydrogens is 282 g/mol.